The lowest BCUT2D eigenvalue weighted by molar-refractivity contribution is -0.445. The van der Waals surface area contributed by atoms with Crippen LogP contribution in [0.25, 0.3) is 32.3 Å². The minimum Gasteiger partial charge on any atom is -0.432 e. The molecule has 586 valence electrons. The molecule has 107 heavy (non-hydrogen) atoms. The van der Waals surface area contributed by atoms with Crippen LogP contribution in [0.2, 0.25) is 5.82 Å². The normalized spacial score (nSPS) is 13.7. The Kier molecular flexibility index (Phi) is 56.6. The molecule has 9 aromatic rings. The van der Waals surface area contributed by atoms with E-state index in [9.17, 15) is 32.6 Å². The standard InChI is InChI=1S/2C23H26N2O2S.C20H19NO.C7H14BNO2.C2H2O.2C2H6.CH3NO2.CH5N.5H2S/c2*1-23(2,3)28(27)25-16-21(18-7-5-4-6-8-18)22(26)14-17-9-10-20-15-24-12-11-19(20)13-17;1-2-19(16-6-4-3-5-7-16)20(22)13-15-8-9-18-14-21-11-10-17(18)12-15;1-5-4-7(10)9(3)8(11)6(5)2;1-2-3;2*1-2;1-2(3)4;1-2;;;;;/h2*4-13,15,21,25H,14,16H2,1-3H3;3-12,14,19H,2,13H2,1H3;5-6,11H,4H2,1-3H3;1H2;2*1-2H3;1H3;2H2,1H3;5*1H2/t2*21-,28+;19-;;;;;;;;;;;/m111.........../s1. The summed E-state index contributed by atoms with van der Waals surface area (Å²) in [6.45, 7) is 28.9. The SMILES string of the molecule is C=C=O.CC.CC.CC(C)(C)[S@](=O)NC[C@@H](C(=O)Cc1ccc2cnccc2c1)c1ccccc1.CC(C)(C)[S@](=O)NC[C@@H](C(=O)Cc1ccc2cnccc2c1)c1ccccc1.CC1CC(=O)N(C)B(O)C1C.CC[C@@H](C(=O)Cc1ccc2cnccc2c1)c1ccccc1.CN.C[N+](=O)[O-].S.S.S.S.S. The number of nitrogens with zero attached hydrogens (tertiary/aromatic N) is 5. The molecule has 18 nitrogen and oxygen atoms in total. The molecule has 1 saturated heterocycles. The van der Waals surface area contributed by atoms with Crippen LogP contribution in [0.4, 0.5) is 0 Å². The maximum Gasteiger partial charge on any atom is 0.418 e. The van der Waals surface area contributed by atoms with Crippen molar-refractivity contribution in [1.82, 2.24) is 29.2 Å². The molecule has 0 bridgehead atoms. The van der Waals surface area contributed by atoms with E-state index in [0.29, 0.717) is 44.7 Å². The van der Waals surface area contributed by atoms with E-state index >= 15 is 0 Å². The summed E-state index contributed by atoms with van der Waals surface area (Å²) in [6, 6.07) is 53.5. The van der Waals surface area contributed by atoms with Crippen LogP contribution < -0.4 is 15.2 Å². The van der Waals surface area contributed by atoms with Gasteiger partial charge in [0.2, 0.25) is 5.91 Å². The largest absolute Gasteiger partial charge is 0.432 e. The highest BCUT2D eigenvalue weighted by atomic mass is 32.2. The van der Waals surface area contributed by atoms with Gasteiger partial charge in [-0.15, -0.1) is 0 Å². The Labute approximate surface area is 676 Å². The average molecular weight is 1600 g/mol. The van der Waals surface area contributed by atoms with Crippen LogP contribution in [0.3, 0.4) is 0 Å². The van der Waals surface area contributed by atoms with Crippen LogP contribution in [0.5, 0.6) is 0 Å². The van der Waals surface area contributed by atoms with E-state index in [1.807, 2.05) is 259 Å². The number of fused-ring (bicyclic) bond motifs is 3. The molecule has 4 heterocycles. The fourth-order valence-electron chi connectivity index (χ4n) is 10.4. The second-order valence-corrected chi connectivity index (χ2v) is 29.5. The number of rotatable bonds is 19. The lowest BCUT2D eigenvalue weighted by Crippen LogP contribution is -2.49. The van der Waals surface area contributed by atoms with Crippen molar-refractivity contribution in [3.8, 4) is 0 Å². The molecule has 1 aliphatic heterocycles. The number of hydrogen-bond donors (Lipinski definition) is 4. The van der Waals surface area contributed by atoms with Crippen LogP contribution in [0.15, 0.2) is 208 Å². The summed E-state index contributed by atoms with van der Waals surface area (Å²) in [5, 5.41) is 24.8. The molecule has 6 aromatic carbocycles. The first-order chi connectivity index (χ1) is 48.6. The van der Waals surface area contributed by atoms with Crippen molar-refractivity contribution >= 4 is 158 Å². The minimum atomic E-state index is -1.22. The third-order valence-electron chi connectivity index (χ3n) is 16.0. The van der Waals surface area contributed by atoms with Crippen LogP contribution >= 0.6 is 67.5 Å². The van der Waals surface area contributed by atoms with Gasteiger partial charge in [0.1, 0.15) is 23.3 Å². The van der Waals surface area contributed by atoms with Gasteiger partial charge in [-0.1, -0.05) is 194 Å². The Balaban J connectivity index is -0.000000635. The summed E-state index contributed by atoms with van der Waals surface area (Å²) in [6.07, 6.45) is 13.3. The van der Waals surface area contributed by atoms with Crippen LogP contribution in [-0.2, 0) is 65.2 Å². The van der Waals surface area contributed by atoms with Gasteiger partial charge in [0, 0.05) is 103 Å². The molecule has 0 saturated carbocycles. The number of benzene rings is 6. The maximum atomic E-state index is 13.2. The van der Waals surface area contributed by atoms with E-state index in [4.69, 9.17) is 14.9 Å². The van der Waals surface area contributed by atoms with Crippen molar-refractivity contribution in [2.24, 2.45) is 11.7 Å². The van der Waals surface area contributed by atoms with E-state index in [1.165, 1.54) is 17.8 Å². The molecule has 10 rings (SSSR count). The Bertz CT molecular complexity index is 3930. The molecule has 7 atom stereocenters. The first-order valence-corrected chi connectivity index (χ1v) is 36.7. The number of aromatic nitrogens is 3. The van der Waals surface area contributed by atoms with Gasteiger partial charge in [0.05, 0.1) is 43.3 Å². The van der Waals surface area contributed by atoms with Crippen LogP contribution in [0.1, 0.15) is 154 Å². The zero-order valence-corrected chi connectivity index (χ0v) is 71.6. The fraction of sp³-hybridized carbons (Fsp3) is 0.370. The van der Waals surface area contributed by atoms with E-state index < -0.39 is 33.9 Å². The van der Waals surface area contributed by atoms with Gasteiger partial charge in [-0.05, 0) is 148 Å². The van der Waals surface area contributed by atoms with Gasteiger partial charge in [-0.2, -0.15) is 67.5 Å². The Morgan fingerprint density at radius 3 is 1.12 bits per heavy atom. The Morgan fingerprint density at radius 1 is 0.579 bits per heavy atom. The van der Waals surface area contributed by atoms with Crippen molar-refractivity contribution in [3.63, 3.8) is 0 Å². The molecular formula is C81H117BN8O10S7. The fourth-order valence-corrected chi connectivity index (χ4v) is 11.9. The smallest absolute Gasteiger partial charge is 0.418 e. The number of amides is 1. The first kappa shape index (κ1) is 106. The van der Waals surface area contributed by atoms with E-state index in [-0.39, 0.29) is 124 Å². The lowest BCUT2D eigenvalue weighted by Gasteiger charge is -2.34. The van der Waals surface area contributed by atoms with Crippen molar-refractivity contribution in [2.75, 3.05) is 34.2 Å². The number of nitrogens with two attached hydrogens (primary N) is 1. The lowest BCUT2D eigenvalue weighted by atomic mass is 9.58. The second-order valence-electron chi connectivity index (χ2n) is 25.4. The van der Waals surface area contributed by atoms with Gasteiger partial charge in [0.25, 0.3) is 0 Å². The highest BCUT2D eigenvalue weighted by Crippen LogP contribution is 2.30. The summed E-state index contributed by atoms with van der Waals surface area (Å²) in [4.78, 5) is 80.8. The molecule has 1 fully saturated rings. The quantitative estimate of drug-likeness (QED) is 0.0254. The summed E-state index contributed by atoms with van der Waals surface area (Å²) >= 11 is 0. The zero-order chi connectivity index (χ0) is 76.5. The number of hydrogen-bond acceptors (Lipinski definition) is 14. The Morgan fingerprint density at radius 2 is 0.850 bits per heavy atom. The maximum absolute atomic E-state index is 13.2. The third kappa shape index (κ3) is 37.7. The van der Waals surface area contributed by atoms with Crippen molar-refractivity contribution < 1.29 is 42.3 Å². The van der Waals surface area contributed by atoms with Crippen molar-refractivity contribution in [1.29, 1.82) is 0 Å². The molecule has 2 unspecified atom stereocenters. The van der Waals surface area contributed by atoms with E-state index in [1.54, 1.807) is 25.6 Å². The predicted octanol–water partition coefficient (Wildman–Crippen LogP) is 15.3. The minimum absolute atomic E-state index is 0. The number of carbonyl (C=O) groups excluding carboxylic acids is 5. The molecular weight excluding hydrogens is 1480 g/mol. The van der Waals surface area contributed by atoms with Crippen molar-refractivity contribution in [2.45, 2.75) is 155 Å². The van der Waals surface area contributed by atoms with Crippen molar-refractivity contribution in [3.05, 3.63) is 251 Å². The number of nitro groups is 1. The zero-order valence-electron chi connectivity index (χ0n) is 64.9. The van der Waals surface area contributed by atoms with Gasteiger partial charge >= 0.3 is 7.05 Å². The molecule has 0 aliphatic carbocycles. The summed E-state index contributed by atoms with van der Waals surface area (Å²) < 4.78 is 30.2. The highest BCUT2D eigenvalue weighted by molar-refractivity contribution is 7.84. The molecule has 26 heteroatoms. The van der Waals surface area contributed by atoms with Gasteiger partial charge < -0.3 is 15.6 Å². The van der Waals surface area contributed by atoms with E-state index in [0.717, 1.165) is 79.2 Å². The average Bonchev–Trinajstić information content (AvgIpc) is 0.845. The number of Topliss-reactive ketones (excluding diaryl/α,β-unsaturated/α-hetero) is 3. The van der Waals surface area contributed by atoms with Gasteiger partial charge in [0.15, 0.2) is 7.05 Å². The van der Waals surface area contributed by atoms with E-state index in [2.05, 4.69) is 49.7 Å². The summed E-state index contributed by atoms with van der Waals surface area (Å²) in [7, 11) is 1.00. The second kappa shape index (κ2) is 57.0. The topological polar surface area (TPSA) is 275 Å². The molecule has 0 spiro atoms. The summed E-state index contributed by atoms with van der Waals surface area (Å²) in [5.74, 6) is 1.57. The monoisotopic (exact) mass is 1600 g/mol. The molecule has 1 aliphatic rings. The Hall–Kier alpha value is -7.17. The molecule has 5 N–H and O–H groups in total. The number of pyridine rings is 3. The number of nitrogens with one attached hydrogen (secondary N) is 2. The molecule has 1 amide bonds. The first-order valence-electron chi connectivity index (χ1n) is 34.4. The molecule has 0 radical (unpaired) electrons. The summed E-state index contributed by atoms with van der Waals surface area (Å²) in [5.41, 5.74) is 10.5. The van der Waals surface area contributed by atoms with Gasteiger partial charge in [-0.25, -0.2) is 22.7 Å². The molecule has 3 aromatic heterocycles. The van der Waals surface area contributed by atoms with Gasteiger partial charge in [-0.3, -0.25) is 44.2 Å². The number of ketones is 3. The van der Waals surface area contributed by atoms with Crippen LogP contribution in [0, 0.1) is 16.0 Å². The highest BCUT2D eigenvalue weighted by Gasteiger charge is 2.38. The van der Waals surface area contributed by atoms with Crippen LogP contribution in [-0.4, -0.2) is 118 Å². The number of carbonyl (C=O) groups is 4. The predicted molar refractivity (Wildman–Crippen MR) is 474 cm³/mol. The third-order valence-corrected chi connectivity index (χ3v) is 19.1.